The molecule has 0 aromatic heterocycles. The van der Waals surface area contributed by atoms with Gasteiger partial charge in [-0.3, -0.25) is 0 Å². The maximum absolute atomic E-state index is 6.56. The lowest BCUT2D eigenvalue weighted by molar-refractivity contribution is 0.565. The Morgan fingerprint density at radius 2 is 2.00 bits per heavy atom. The van der Waals surface area contributed by atoms with Crippen molar-refractivity contribution in [1.29, 1.82) is 0 Å². The quantitative estimate of drug-likeness (QED) is 0.632. The van der Waals surface area contributed by atoms with E-state index in [9.17, 15) is 0 Å². The van der Waals surface area contributed by atoms with Crippen LogP contribution in [0.2, 0.25) is 5.02 Å². The van der Waals surface area contributed by atoms with Crippen LogP contribution in [0.5, 0.6) is 0 Å². The SMILES string of the molecule is CCCCC(C)(Cl)c1cc(Cl)ccc1C. The van der Waals surface area contributed by atoms with Crippen LogP contribution in [-0.2, 0) is 4.87 Å². The van der Waals surface area contributed by atoms with Gasteiger partial charge in [-0.25, -0.2) is 0 Å². The van der Waals surface area contributed by atoms with Crippen LogP contribution < -0.4 is 0 Å². The van der Waals surface area contributed by atoms with Crippen LogP contribution in [0.4, 0.5) is 0 Å². The van der Waals surface area contributed by atoms with E-state index < -0.39 is 0 Å². The van der Waals surface area contributed by atoms with Gasteiger partial charge in [-0.1, -0.05) is 37.4 Å². The number of hydrogen-bond acceptors (Lipinski definition) is 0. The molecule has 0 bridgehead atoms. The molecule has 0 radical (unpaired) electrons. The average Bonchev–Trinajstić information content (AvgIpc) is 2.18. The molecule has 1 rings (SSSR count). The molecule has 2 heteroatoms. The van der Waals surface area contributed by atoms with E-state index in [0.717, 1.165) is 23.4 Å². The second-order valence-corrected chi connectivity index (χ2v) is 5.53. The first-order valence-electron chi connectivity index (χ1n) is 5.43. The number of halogens is 2. The summed E-state index contributed by atoms with van der Waals surface area (Å²) in [5, 5.41) is 0.763. The molecule has 0 aliphatic rings. The molecule has 0 spiro atoms. The lowest BCUT2D eigenvalue weighted by atomic mass is 9.91. The fourth-order valence-electron chi connectivity index (χ4n) is 1.80. The lowest BCUT2D eigenvalue weighted by Crippen LogP contribution is -2.15. The highest BCUT2D eigenvalue weighted by Gasteiger charge is 2.24. The molecule has 0 aliphatic carbocycles. The predicted octanol–water partition coefficient (Wildman–Crippen LogP) is 5.29. The van der Waals surface area contributed by atoms with Crippen molar-refractivity contribution in [3.05, 3.63) is 34.3 Å². The van der Waals surface area contributed by atoms with Gasteiger partial charge in [0.05, 0.1) is 4.87 Å². The average molecular weight is 245 g/mol. The topological polar surface area (TPSA) is 0 Å². The summed E-state index contributed by atoms with van der Waals surface area (Å²) in [5.74, 6) is 0. The first-order chi connectivity index (χ1) is 6.97. The minimum absolute atomic E-state index is 0.287. The van der Waals surface area contributed by atoms with Crippen molar-refractivity contribution in [1.82, 2.24) is 0 Å². The van der Waals surface area contributed by atoms with Crippen molar-refractivity contribution in [3.8, 4) is 0 Å². The Morgan fingerprint density at radius 1 is 1.33 bits per heavy atom. The van der Waals surface area contributed by atoms with Crippen LogP contribution in [0, 0.1) is 6.92 Å². The van der Waals surface area contributed by atoms with Gasteiger partial charge >= 0.3 is 0 Å². The van der Waals surface area contributed by atoms with E-state index in [1.807, 2.05) is 18.2 Å². The lowest BCUT2D eigenvalue weighted by Gasteiger charge is -2.24. The van der Waals surface area contributed by atoms with Crippen molar-refractivity contribution < 1.29 is 0 Å². The fraction of sp³-hybridized carbons (Fsp3) is 0.538. The number of hydrogen-bond donors (Lipinski definition) is 0. The minimum Gasteiger partial charge on any atom is -0.114 e. The molecular formula is C13H18Cl2. The summed E-state index contributed by atoms with van der Waals surface area (Å²) >= 11 is 12.6. The second kappa shape index (κ2) is 5.23. The van der Waals surface area contributed by atoms with Gasteiger partial charge in [0.15, 0.2) is 0 Å². The molecule has 15 heavy (non-hydrogen) atoms. The Bertz CT molecular complexity index is 329. The van der Waals surface area contributed by atoms with Gasteiger partial charge < -0.3 is 0 Å². The molecule has 1 unspecified atom stereocenters. The van der Waals surface area contributed by atoms with Gasteiger partial charge in [0.2, 0.25) is 0 Å². The van der Waals surface area contributed by atoms with Crippen molar-refractivity contribution in [2.24, 2.45) is 0 Å². The third-order valence-corrected chi connectivity index (χ3v) is 3.39. The van der Waals surface area contributed by atoms with Crippen molar-refractivity contribution in [2.75, 3.05) is 0 Å². The summed E-state index contributed by atoms with van der Waals surface area (Å²) in [6, 6.07) is 5.93. The zero-order chi connectivity index (χ0) is 11.5. The normalized spacial score (nSPS) is 15.0. The van der Waals surface area contributed by atoms with Gasteiger partial charge in [-0.2, -0.15) is 0 Å². The largest absolute Gasteiger partial charge is 0.114 e. The summed E-state index contributed by atoms with van der Waals surface area (Å²) < 4.78 is 0. The Kier molecular flexibility index (Phi) is 4.48. The molecular weight excluding hydrogens is 227 g/mol. The highest BCUT2D eigenvalue weighted by Crippen LogP contribution is 2.37. The number of unbranched alkanes of at least 4 members (excludes halogenated alkanes) is 1. The van der Waals surface area contributed by atoms with E-state index in [0.29, 0.717) is 0 Å². The van der Waals surface area contributed by atoms with E-state index in [1.54, 1.807) is 0 Å². The Morgan fingerprint density at radius 3 is 2.60 bits per heavy atom. The summed E-state index contributed by atoms with van der Waals surface area (Å²) in [7, 11) is 0. The number of benzene rings is 1. The Hall–Kier alpha value is -0.200. The van der Waals surface area contributed by atoms with E-state index in [2.05, 4.69) is 20.8 Å². The zero-order valence-corrected chi connectivity index (χ0v) is 11.1. The van der Waals surface area contributed by atoms with Gasteiger partial charge in [0.25, 0.3) is 0 Å². The highest BCUT2D eigenvalue weighted by atomic mass is 35.5. The summed E-state index contributed by atoms with van der Waals surface area (Å²) in [5.41, 5.74) is 2.37. The van der Waals surface area contributed by atoms with E-state index in [4.69, 9.17) is 23.2 Å². The van der Waals surface area contributed by atoms with E-state index in [1.165, 1.54) is 12.0 Å². The number of rotatable bonds is 4. The zero-order valence-electron chi connectivity index (χ0n) is 9.61. The van der Waals surface area contributed by atoms with Crippen molar-refractivity contribution >= 4 is 23.2 Å². The van der Waals surface area contributed by atoms with Gasteiger partial charge in [-0.15, -0.1) is 11.6 Å². The molecule has 84 valence electrons. The van der Waals surface area contributed by atoms with Crippen LogP contribution in [0.3, 0.4) is 0 Å². The molecule has 0 saturated carbocycles. The molecule has 0 fully saturated rings. The van der Waals surface area contributed by atoms with Crippen LogP contribution >= 0.6 is 23.2 Å². The molecule has 1 aromatic rings. The maximum Gasteiger partial charge on any atom is 0.0669 e. The standard InChI is InChI=1S/C13H18Cl2/c1-4-5-8-13(3,15)12-9-11(14)7-6-10(12)2/h6-7,9H,4-5,8H2,1-3H3. The molecule has 0 nitrogen and oxygen atoms in total. The maximum atomic E-state index is 6.56. The smallest absolute Gasteiger partial charge is 0.0669 e. The van der Waals surface area contributed by atoms with Gasteiger partial charge in [-0.05, 0) is 43.5 Å². The molecule has 0 heterocycles. The van der Waals surface area contributed by atoms with Gasteiger partial charge in [0, 0.05) is 5.02 Å². The van der Waals surface area contributed by atoms with E-state index >= 15 is 0 Å². The third-order valence-electron chi connectivity index (χ3n) is 2.76. The highest BCUT2D eigenvalue weighted by molar-refractivity contribution is 6.31. The molecule has 0 aliphatic heterocycles. The molecule has 1 atom stereocenters. The van der Waals surface area contributed by atoms with Crippen LogP contribution in [0.25, 0.3) is 0 Å². The number of aryl methyl sites for hydroxylation is 1. The minimum atomic E-state index is -0.287. The fourth-order valence-corrected chi connectivity index (χ4v) is 2.31. The summed E-state index contributed by atoms with van der Waals surface area (Å²) in [6.07, 6.45) is 3.31. The van der Waals surface area contributed by atoms with Crippen LogP contribution in [0.1, 0.15) is 44.2 Å². The van der Waals surface area contributed by atoms with Crippen molar-refractivity contribution in [2.45, 2.75) is 44.9 Å². The Balaban J connectivity index is 2.97. The van der Waals surface area contributed by atoms with Crippen LogP contribution in [-0.4, -0.2) is 0 Å². The first-order valence-corrected chi connectivity index (χ1v) is 6.18. The predicted molar refractivity (Wildman–Crippen MR) is 68.9 cm³/mol. The summed E-state index contributed by atoms with van der Waals surface area (Å²) in [4.78, 5) is -0.287. The summed E-state index contributed by atoms with van der Waals surface area (Å²) in [6.45, 7) is 6.33. The third kappa shape index (κ3) is 3.39. The molecule has 1 aromatic carbocycles. The first kappa shape index (κ1) is 12.9. The monoisotopic (exact) mass is 244 g/mol. The number of alkyl halides is 1. The van der Waals surface area contributed by atoms with Gasteiger partial charge in [0.1, 0.15) is 0 Å². The Labute approximate surface area is 103 Å². The molecule has 0 amide bonds. The second-order valence-electron chi connectivity index (χ2n) is 4.26. The van der Waals surface area contributed by atoms with Crippen molar-refractivity contribution in [3.63, 3.8) is 0 Å². The van der Waals surface area contributed by atoms with E-state index in [-0.39, 0.29) is 4.87 Å². The van der Waals surface area contributed by atoms with Crippen LogP contribution in [0.15, 0.2) is 18.2 Å². The molecule has 0 saturated heterocycles. The molecule has 0 N–H and O–H groups in total.